The second-order valence-electron chi connectivity index (χ2n) is 5.94. The van der Waals surface area contributed by atoms with Gasteiger partial charge in [0.1, 0.15) is 0 Å². The van der Waals surface area contributed by atoms with Crippen LogP contribution in [-0.4, -0.2) is 49.8 Å². The number of aryl methyl sites for hydroxylation is 1. The van der Waals surface area contributed by atoms with Crippen molar-refractivity contribution in [3.63, 3.8) is 0 Å². The maximum atomic E-state index is 12.2. The number of carbonyl (C=O) groups is 1. The van der Waals surface area contributed by atoms with Gasteiger partial charge in [-0.3, -0.25) is 0 Å². The summed E-state index contributed by atoms with van der Waals surface area (Å²) in [6.07, 6.45) is 1.75. The highest BCUT2D eigenvalue weighted by Crippen LogP contribution is 2.23. The highest BCUT2D eigenvalue weighted by atomic mass is 16.3. The molecule has 2 rings (SSSR count). The number of aliphatic hydroxyl groups excluding tert-OH is 1. The van der Waals surface area contributed by atoms with E-state index in [1.54, 1.807) is 0 Å². The number of anilines is 2. The molecule has 2 amide bonds. The van der Waals surface area contributed by atoms with E-state index in [2.05, 4.69) is 10.2 Å². The highest BCUT2D eigenvalue weighted by Gasteiger charge is 2.22. The lowest BCUT2D eigenvalue weighted by Gasteiger charge is -2.31. The number of benzene rings is 1. The van der Waals surface area contributed by atoms with Crippen molar-refractivity contribution in [1.82, 2.24) is 4.90 Å². The van der Waals surface area contributed by atoms with Gasteiger partial charge in [-0.1, -0.05) is 0 Å². The lowest BCUT2D eigenvalue weighted by Crippen LogP contribution is -2.41. The molecule has 5 nitrogen and oxygen atoms in total. The number of hydrogen-bond donors (Lipinski definition) is 2. The summed E-state index contributed by atoms with van der Waals surface area (Å²) in [6, 6.07) is 5.89. The first-order valence-electron chi connectivity index (χ1n) is 7.46. The molecule has 21 heavy (non-hydrogen) atoms. The molecule has 0 bridgehead atoms. The van der Waals surface area contributed by atoms with E-state index in [0.717, 1.165) is 29.8 Å². The van der Waals surface area contributed by atoms with Gasteiger partial charge in [0, 0.05) is 45.2 Å². The van der Waals surface area contributed by atoms with Gasteiger partial charge in [0.2, 0.25) is 0 Å². The third kappa shape index (κ3) is 3.88. The van der Waals surface area contributed by atoms with Crippen molar-refractivity contribution in [3.05, 3.63) is 23.8 Å². The normalized spacial score (nSPS) is 15.9. The van der Waals surface area contributed by atoms with Gasteiger partial charge in [0.05, 0.1) is 0 Å². The van der Waals surface area contributed by atoms with Crippen molar-refractivity contribution in [2.75, 3.05) is 44.0 Å². The van der Waals surface area contributed by atoms with Gasteiger partial charge in [-0.15, -0.1) is 0 Å². The molecule has 1 fully saturated rings. The van der Waals surface area contributed by atoms with E-state index in [4.69, 9.17) is 5.11 Å². The Bertz CT molecular complexity index is 494. The topological polar surface area (TPSA) is 55.8 Å². The van der Waals surface area contributed by atoms with E-state index in [-0.39, 0.29) is 12.6 Å². The Kier molecular flexibility index (Phi) is 5.07. The maximum Gasteiger partial charge on any atom is 0.321 e. The fourth-order valence-electron chi connectivity index (χ4n) is 2.76. The number of nitrogens with one attached hydrogen (secondary N) is 1. The molecule has 1 aromatic rings. The van der Waals surface area contributed by atoms with Crippen LogP contribution in [0.4, 0.5) is 16.2 Å². The van der Waals surface area contributed by atoms with Crippen LogP contribution in [0.2, 0.25) is 0 Å². The first kappa shape index (κ1) is 15.6. The second-order valence-corrected chi connectivity index (χ2v) is 5.94. The average Bonchev–Trinajstić information content (AvgIpc) is 2.47. The Morgan fingerprint density at radius 2 is 2.05 bits per heavy atom. The summed E-state index contributed by atoms with van der Waals surface area (Å²) >= 11 is 0. The molecule has 2 N–H and O–H groups in total. The number of nitrogens with zero attached hydrogens (tertiary/aromatic N) is 2. The van der Waals surface area contributed by atoms with Crippen LogP contribution in [0.15, 0.2) is 18.2 Å². The highest BCUT2D eigenvalue weighted by molar-refractivity contribution is 5.89. The lowest BCUT2D eigenvalue weighted by atomic mass is 9.98. The first-order valence-corrected chi connectivity index (χ1v) is 7.46. The van der Waals surface area contributed by atoms with Crippen molar-refractivity contribution in [2.24, 2.45) is 5.92 Å². The molecule has 5 heteroatoms. The third-order valence-corrected chi connectivity index (χ3v) is 4.09. The van der Waals surface area contributed by atoms with Crippen LogP contribution in [0.25, 0.3) is 0 Å². The fraction of sp³-hybridized carbons (Fsp3) is 0.562. The summed E-state index contributed by atoms with van der Waals surface area (Å²) in [6.45, 7) is 3.69. The van der Waals surface area contributed by atoms with Crippen LogP contribution >= 0.6 is 0 Å². The number of piperidine rings is 1. The summed E-state index contributed by atoms with van der Waals surface area (Å²) in [7, 11) is 4.01. The maximum absolute atomic E-state index is 12.2. The number of carbonyl (C=O) groups excluding carboxylic acids is 1. The van der Waals surface area contributed by atoms with Gasteiger partial charge in [0.15, 0.2) is 0 Å². The van der Waals surface area contributed by atoms with Crippen LogP contribution in [-0.2, 0) is 0 Å². The zero-order chi connectivity index (χ0) is 15.4. The molecule has 116 valence electrons. The summed E-state index contributed by atoms with van der Waals surface area (Å²) < 4.78 is 0. The van der Waals surface area contributed by atoms with E-state index >= 15 is 0 Å². The summed E-state index contributed by atoms with van der Waals surface area (Å²) in [5, 5.41) is 12.1. The molecule has 1 aliphatic heterocycles. The molecule has 0 saturated carbocycles. The smallest absolute Gasteiger partial charge is 0.321 e. The van der Waals surface area contributed by atoms with Gasteiger partial charge < -0.3 is 20.2 Å². The lowest BCUT2D eigenvalue weighted by molar-refractivity contribution is 0.143. The van der Waals surface area contributed by atoms with Crippen LogP contribution in [0.1, 0.15) is 18.4 Å². The van der Waals surface area contributed by atoms with Crippen molar-refractivity contribution in [3.8, 4) is 0 Å². The molecule has 0 atom stereocenters. The third-order valence-electron chi connectivity index (χ3n) is 4.09. The minimum Gasteiger partial charge on any atom is -0.396 e. The zero-order valence-electron chi connectivity index (χ0n) is 13.1. The molecule has 0 radical (unpaired) electrons. The predicted octanol–water partition coefficient (Wildman–Crippen LogP) is 2.30. The molecule has 0 spiro atoms. The van der Waals surface area contributed by atoms with Gasteiger partial charge in [-0.05, 0) is 49.4 Å². The van der Waals surface area contributed by atoms with E-state index in [0.29, 0.717) is 19.0 Å². The Balaban J connectivity index is 1.95. The van der Waals surface area contributed by atoms with E-state index in [1.165, 1.54) is 0 Å². The molecule has 1 aliphatic rings. The number of hydrogen-bond acceptors (Lipinski definition) is 3. The fourth-order valence-corrected chi connectivity index (χ4v) is 2.76. The first-order chi connectivity index (χ1) is 10.0. The molecular weight excluding hydrogens is 266 g/mol. The van der Waals surface area contributed by atoms with Crippen molar-refractivity contribution >= 4 is 17.4 Å². The average molecular weight is 291 g/mol. The number of aliphatic hydroxyl groups is 1. The molecule has 0 aliphatic carbocycles. The van der Waals surface area contributed by atoms with Crippen LogP contribution < -0.4 is 10.2 Å². The summed E-state index contributed by atoms with van der Waals surface area (Å²) in [5.74, 6) is 0.343. The van der Waals surface area contributed by atoms with Crippen molar-refractivity contribution in [1.29, 1.82) is 0 Å². The Morgan fingerprint density at radius 1 is 1.38 bits per heavy atom. The minimum absolute atomic E-state index is 0.0524. The Morgan fingerprint density at radius 3 is 2.57 bits per heavy atom. The molecule has 1 aromatic carbocycles. The van der Waals surface area contributed by atoms with Gasteiger partial charge in [0.25, 0.3) is 0 Å². The van der Waals surface area contributed by atoms with E-state index in [1.807, 2.05) is 44.1 Å². The zero-order valence-corrected chi connectivity index (χ0v) is 13.1. The second kappa shape index (κ2) is 6.80. The van der Waals surface area contributed by atoms with E-state index < -0.39 is 0 Å². The molecular formula is C16H25N3O2. The molecule has 0 aromatic heterocycles. The molecule has 1 heterocycles. The summed E-state index contributed by atoms with van der Waals surface area (Å²) in [5.41, 5.74) is 3.11. The van der Waals surface area contributed by atoms with Gasteiger partial charge in [-0.2, -0.15) is 0 Å². The monoisotopic (exact) mass is 291 g/mol. The predicted molar refractivity (Wildman–Crippen MR) is 85.9 cm³/mol. The molecule has 0 unspecified atom stereocenters. The van der Waals surface area contributed by atoms with Crippen LogP contribution in [0.3, 0.4) is 0 Å². The minimum atomic E-state index is -0.0524. The Labute approximate surface area is 126 Å². The quantitative estimate of drug-likeness (QED) is 0.898. The number of rotatable bonds is 3. The number of urea groups is 1. The van der Waals surface area contributed by atoms with E-state index in [9.17, 15) is 4.79 Å². The van der Waals surface area contributed by atoms with Crippen molar-refractivity contribution in [2.45, 2.75) is 19.8 Å². The van der Waals surface area contributed by atoms with Crippen molar-refractivity contribution < 1.29 is 9.90 Å². The van der Waals surface area contributed by atoms with Crippen LogP contribution in [0, 0.1) is 12.8 Å². The number of likely N-dealkylation sites (tertiary alicyclic amines) is 1. The Hall–Kier alpha value is -1.75. The van der Waals surface area contributed by atoms with Crippen LogP contribution in [0.5, 0.6) is 0 Å². The molecule has 1 saturated heterocycles. The standard InChI is InChI=1S/C16H25N3O2/c1-12-10-14(4-5-15(12)18(2)3)17-16(21)19-8-6-13(11-20)7-9-19/h4-5,10,13,20H,6-9,11H2,1-3H3,(H,17,21). The van der Waals surface area contributed by atoms with Gasteiger partial charge in [-0.25, -0.2) is 4.79 Å². The largest absolute Gasteiger partial charge is 0.396 e. The SMILES string of the molecule is Cc1cc(NC(=O)N2CCC(CO)CC2)ccc1N(C)C. The van der Waals surface area contributed by atoms with Gasteiger partial charge >= 0.3 is 6.03 Å². The number of amides is 2. The summed E-state index contributed by atoms with van der Waals surface area (Å²) in [4.78, 5) is 16.1.